The summed E-state index contributed by atoms with van der Waals surface area (Å²) < 4.78 is 12.9. The van der Waals surface area contributed by atoms with E-state index in [4.69, 9.17) is 0 Å². The summed E-state index contributed by atoms with van der Waals surface area (Å²) in [5, 5.41) is 13.0. The van der Waals surface area contributed by atoms with Crippen LogP contribution in [0.2, 0.25) is 0 Å². The summed E-state index contributed by atoms with van der Waals surface area (Å²) in [4.78, 5) is 16.1. The number of rotatable bonds is 4. The van der Waals surface area contributed by atoms with Crippen molar-refractivity contribution in [1.82, 2.24) is 10.3 Å². The molecule has 0 fully saturated rings. The van der Waals surface area contributed by atoms with Gasteiger partial charge in [0.15, 0.2) is 0 Å². The molecule has 21 heavy (non-hydrogen) atoms. The van der Waals surface area contributed by atoms with Gasteiger partial charge in [-0.1, -0.05) is 18.2 Å². The molecule has 4 nitrogen and oxygen atoms in total. The number of amides is 1. The van der Waals surface area contributed by atoms with Gasteiger partial charge in [-0.15, -0.1) is 0 Å². The number of pyridine rings is 1. The number of aliphatic hydroxyl groups is 1. The van der Waals surface area contributed by atoms with Crippen LogP contribution in [0.5, 0.6) is 0 Å². The smallest absolute Gasteiger partial charge is 0.269 e. The SMILES string of the molecule is Cc1cccc(C(=O)NCC(C)(O)c2ccc(F)cc2)n1. The van der Waals surface area contributed by atoms with Crippen LogP contribution >= 0.6 is 0 Å². The normalized spacial score (nSPS) is 13.5. The van der Waals surface area contributed by atoms with E-state index in [-0.39, 0.29) is 18.3 Å². The van der Waals surface area contributed by atoms with E-state index in [1.54, 1.807) is 32.0 Å². The molecule has 2 aromatic rings. The molecule has 2 N–H and O–H groups in total. The number of nitrogens with zero attached hydrogens (tertiary/aromatic N) is 1. The number of benzene rings is 1. The molecule has 1 unspecified atom stereocenters. The van der Waals surface area contributed by atoms with Crippen molar-refractivity contribution in [2.24, 2.45) is 0 Å². The lowest BCUT2D eigenvalue weighted by Crippen LogP contribution is -2.38. The van der Waals surface area contributed by atoms with Crippen LogP contribution in [0.4, 0.5) is 4.39 Å². The Bertz CT molecular complexity index is 639. The van der Waals surface area contributed by atoms with Crippen LogP contribution in [0.25, 0.3) is 0 Å². The van der Waals surface area contributed by atoms with Crippen molar-refractivity contribution in [1.29, 1.82) is 0 Å². The first kappa shape index (κ1) is 15.1. The third-order valence-electron chi connectivity index (χ3n) is 3.18. The molecule has 0 bridgehead atoms. The van der Waals surface area contributed by atoms with Crippen molar-refractivity contribution in [3.8, 4) is 0 Å². The minimum atomic E-state index is -1.28. The Balaban J connectivity index is 2.04. The fourth-order valence-electron chi connectivity index (χ4n) is 1.92. The number of hydrogen-bond donors (Lipinski definition) is 2. The molecule has 1 atom stereocenters. The van der Waals surface area contributed by atoms with Gasteiger partial charge in [0.05, 0.1) is 6.54 Å². The van der Waals surface area contributed by atoms with E-state index in [2.05, 4.69) is 10.3 Å². The molecule has 2 rings (SSSR count). The van der Waals surface area contributed by atoms with E-state index in [0.717, 1.165) is 5.69 Å². The molecular weight excluding hydrogens is 271 g/mol. The summed E-state index contributed by atoms with van der Waals surface area (Å²) in [5.41, 5.74) is 0.284. The van der Waals surface area contributed by atoms with Crippen molar-refractivity contribution < 1.29 is 14.3 Å². The number of carbonyl (C=O) groups is 1. The topological polar surface area (TPSA) is 62.2 Å². The quantitative estimate of drug-likeness (QED) is 0.906. The van der Waals surface area contributed by atoms with E-state index < -0.39 is 5.60 Å². The standard InChI is InChI=1S/C16H17FN2O2/c1-11-4-3-5-14(19-11)15(20)18-10-16(2,21)12-6-8-13(17)9-7-12/h3-9,21H,10H2,1-2H3,(H,18,20). The van der Waals surface area contributed by atoms with Crippen molar-refractivity contribution >= 4 is 5.91 Å². The first-order valence-electron chi connectivity index (χ1n) is 6.59. The second-order valence-electron chi connectivity index (χ2n) is 5.13. The highest BCUT2D eigenvalue weighted by Gasteiger charge is 2.24. The zero-order chi connectivity index (χ0) is 15.5. The van der Waals surface area contributed by atoms with E-state index in [1.165, 1.54) is 24.3 Å². The maximum Gasteiger partial charge on any atom is 0.269 e. The fraction of sp³-hybridized carbons (Fsp3) is 0.250. The lowest BCUT2D eigenvalue weighted by molar-refractivity contribution is 0.0524. The molecule has 1 heterocycles. The predicted molar refractivity (Wildman–Crippen MR) is 77.3 cm³/mol. The molecule has 1 aromatic heterocycles. The van der Waals surface area contributed by atoms with E-state index in [9.17, 15) is 14.3 Å². The maximum atomic E-state index is 12.9. The number of aromatic nitrogens is 1. The van der Waals surface area contributed by atoms with Crippen molar-refractivity contribution in [3.05, 3.63) is 65.2 Å². The molecule has 110 valence electrons. The molecular formula is C16H17FN2O2. The molecule has 0 spiro atoms. The molecule has 0 aliphatic heterocycles. The Morgan fingerprint density at radius 2 is 1.95 bits per heavy atom. The van der Waals surface area contributed by atoms with Gasteiger partial charge >= 0.3 is 0 Å². The third-order valence-corrected chi connectivity index (χ3v) is 3.18. The zero-order valence-corrected chi connectivity index (χ0v) is 11.9. The Kier molecular flexibility index (Phi) is 4.33. The van der Waals surface area contributed by atoms with Gasteiger partial charge in [-0.25, -0.2) is 9.37 Å². The monoisotopic (exact) mass is 288 g/mol. The molecule has 5 heteroatoms. The molecule has 0 saturated heterocycles. The summed E-state index contributed by atoms with van der Waals surface area (Å²) in [7, 11) is 0. The van der Waals surface area contributed by atoms with Gasteiger partial charge in [0.2, 0.25) is 0 Å². The summed E-state index contributed by atoms with van der Waals surface area (Å²) in [6, 6.07) is 10.7. The Morgan fingerprint density at radius 3 is 2.57 bits per heavy atom. The first-order chi connectivity index (χ1) is 9.88. The fourth-order valence-corrected chi connectivity index (χ4v) is 1.92. The summed E-state index contributed by atoms with van der Waals surface area (Å²) in [6.45, 7) is 3.36. The summed E-state index contributed by atoms with van der Waals surface area (Å²) >= 11 is 0. The minimum Gasteiger partial charge on any atom is -0.384 e. The lowest BCUT2D eigenvalue weighted by Gasteiger charge is -2.24. The Morgan fingerprint density at radius 1 is 1.29 bits per heavy atom. The molecule has 1 aromatic carbocycles. The minimum absolute atomic E-state index is 0.00703. The predicted octanol–water partition coefficient (Wildman–Crippen LogP) is 2.17. The number of nitrogens with one attached hydrogen (secondary N) is 1. The summed E-state index contributed by atoms with van der Waals surface area (Å²) in [5.74, 6) is -0.733. The van der Waals surface area contributed by atoms with Crippen LogP contribution < -0.4 is 5.32 Å². The third kappa shape index (κ3) is 3.86. The van der Waals surface area contributed by atoms with Crippen molar-refractivity contribution in [2.75, 3.05) is 6.54 Å². The van der Waals surface area contributed by atoms with Gasteiger partial charge in [-0.3, -0.25) is 4.79 Å². The van der Waals surface area contributed by atoms with Gasteiger partial charge in [-0.05, 0) is 43.7 Å². The van der Waals surface area contributed by atoms with Crippen LogP contribution in [-0.4, -0.2) is 22.5 Å². The molecule has 0 aliphatic rings. The van der Waals surface area contributed by atoms with E-state index in [0.29, 0.717) is 11.3 Å². The molecule has 0 aliphatic carbocycles. The van der Waals surface area contributed by atoms with Crippen LogP contribution in [0, 0.1) is 12.7 Å². The molecule has 1 amide bonds. The molecule has 0 saturated carbocycles. The maximum absolute atomic E-state index is 12.9. The Labute approximate surface area is 122 Å². The van der Waals surface area contributed by atoms with Crippen molar-refractivity contribution in [2.45, 2.75) is 19.4 Å². The molecule has 0 radical (unpaired) electrons. The average Bonchev–Trinajstić information content (AvgIpc) is 2.45. The number of carbonyl (C=O) groups excluding carboxylic acids is 1. The first-order valence-corrected chi connectivity index (χ1v) is 6.59. The van der Waals surface area contributed by atoms with Crippen LogP contribution in [0.3, 0.4) is 0 Å². The van der Waals surface area contributed by atoms with Gasteiger partial charge in [-0.2, -0.15) is 0 Å². The van der Waals surface area contributed by atoms with E-state index in [1.807, 2.05) is 0 Å². The van der Waals surface area contributed by atoms with E-state index >= 15 is 0 Å². The zero-order valence-electron chi connectivity index (χ0n) is 11.9. The van der Waals surface area contributed by atoms with Gasteiger partial charge in [0, 0.05) is 5.69 Å². The highest BCUT2D eigenvalue weighted by molar-refractivity contribution is 5.92. The lowest BCUT2D eigenvalue weighted by atomic mass is 9.96. The van der Waals surface area contributed by atoms with Crippen molar-refractivity contribution in [3.63, 3.8) is 0 Å². The number of aryl methyl sites for hydroxylation is 1. The second kappa shape index (κ2) is 6.01. The Hall–Kier alpha value is -2.27. The number of halogens is 1. The number of hydrogen-bond acceptors (Lipinski definition) is 3. The largest absolute Gasteiger partial charge is 0.384 e. The second-order valence-corrected chi connectivity index (χ2v) is 5.13. The van der Waals surface area contributed by atoms with Gasteiger partial charge < -0.3 is 10.4 Å². The average molecular weight is 288 g/mol. The van der Waals surface area contributed by atoms with Crippen LogP contribution in [0.15, 0.2) is 42.5 Å². The highest BCUT2D eigenvalue weighted by Crippen LogP contribution is 2.20. The summed E-state index contributed by atoms with van der Waals surface area (Å²) in [6.07, 6.45) is 0. The van der Waals surface area contributed by atoms with Crippen LogP contribution in [0.1, 0.15) is 28.7 Å². The van der Waals surface area contributed by atoms with Gasteiger partial charge in [0.1, 0.15) is 17.1 Å². The van der Waals surface area contributed by atoms with Crippen LogP contribution in [-0.2, 0) is 5.60 Å². The van der Waals surface area contributed by atoms with Gasteiger partial charge in [0.25, 0.3) is 5.91 Å². The highest BCUT2D eigenvalue weighted by atomic mass is 19.1.